The van der Waals surface area contributed by atoms with E-state index in [1.165, 1.54) is 0 Å². The molecule has 0 aromatic heterocycles. The number of hydrogen-bond donors (Lipinski definition) is 2. The van der Waals surface area contributed by atoms with Crippen LogP contribution in [0.2, 0.25) is 0 Å². The maximum absolute atomic E-state index is 5.85. The van der Waals surface area contributed by atoms with E-state index in [0.717, 1.165) is 24.4 Å². The first-order valence-electron chi connectivity index (χ1n) is 7.38. The summed E-state index contributed by atoms with van der Waals surface area (Å²) in [4.78, 5) is 6.45. The molecule has 5 nitrogen and oxygen atoms in total. The summed E-state index contributed by atoms with van der Waals surface area (Å²) in [6, 6.07) is 7.95. The van der Waals surface area contributed by atoms with Crippen molar-refractivity contribution in [3.05, 3.63) is 29.8 Å². The van der Waals surface area contributed by atoms with Gasteiger partial charge in [-0.15, -0.1) is 0 Å². The molecule has 21 heavy (non-hydrogen) atoms. The van der Waals surface area contributed by atoms with Crippen LogP contribution >= 0.6 is 0 Å². The minimum Gasteiger partial charge on any atom is -0.492 e. The molecule has 1 rings (SSSR count). The number of likely N-dealkylation sites (N-methyl/N-ethyl adjacent to an activating group) is 1. The summed E-state index contributed by atoms with van der Waals surface area (Å²) >= 11 is 0. The summed E-state index contributed by atoms with van der Waals surface area (Å²) in [6.07, 6.45) is 0. The molecule has 1 aromatic carbocycles. The van der Waals surface area contributed by atoms with E-state index in [9.17, 15) is 0 Å². The Labute approximate surface area is 128 Å². The van der Waals surface area contributed by atoms with E-state index in [1.54, 1.807) is 0 Å². The highest BCUT2D eigenvalue weighted by Gasteiger charge is 2.03. The summed E-state index contributed by atoms with van der Waals surface area (Å²) in [5.74, 6) is 1.90. The van der Waals surface area contributed by atoms with Crippen LogP contribution in [-0.4, -0.2) is 44.7 Å². The summed E-state index contributed by atoms with van der Waals surface area (Å²) in [7, 11) is 4.06. The Morgan fingerprint density at radius 3 is 2.71 bits per heavy atom. The summed E-state index contributed by atoms with van der Waals surface area (Å²) in [6.45, 7) is 7.16. The van der Waals surface area contributed by atoms with Crippen molar-refractivity contribution in [2.24, 2.45) is 16.6 Å². The Morgan fingerprint density at radius 2 is 2.05 bits per heavy atom. The number of hydrogen-bond acceptors (Lipinski definition) is 3. The molecule has 3 N–H and O–H groups in total. The van der Waals surface area contributed by atoms with Gasteiger partial charge in [0.15, 0.2) is 5.96 Å². The van der Waals surface area contributed by atoms with Gasteiger partial charge in [0.05, 0.1) is 6.54 Å². The van der Waals surface area contributed by atoms with E-state index < -0.39 is 0 Å². The van der Waals surface area contributed by atoms with Crippen molar-refractivity contribution >= 4 is 5.96 Å². The molecule has 0 aliphatic carbocycles. The molecule has 0 saturated heterocycles. The standard InChI is InChI=1S/C16H28N4O/c1-13(2)11-18-16(17)19-12-14-7-5-6-8-15(14)21-10-9-20(3)4/h5-8,13H,9-12H2,1-4H3,(H3,17,18,19). The van der Waals surface area contributed by atoms with Gasteiger partial charge in [-0.05, 0) is 26.1 Å². The summed E-state index contributed by atoms with van der Waals surface area (Å²) < 4.78 is 5.81. The Balaban J connectivity index is 2.55. The van der Waals surface area contributed by atoms with Crippen LogP contribution in [-0.2, 0) is 6.54 Å². The first kappa shape index (κ1) is 17.3. The Bertz CT molecular complexity index is 444. The van der Waals surface area contributed by atoms with Crippen LogP contribution in [0.15, 0.2) is 29.3 Å². The number of nitrogens with two attached hydrogens (primary N) is 1. The van der Waals surface area contributed by atoms with Crippen LogP contribution in [0.25, 0.3) is 0 Å². The van der Waals surface area contributed by atoms with Gasteiger partial charge in [0.2, 0.25) is 0 Å². The van der Waals surface area contributed by atoms with Gasteiger partial charge in [-0.1, -0.05) is 32.0 Å². The maximum atomic E-state index is 5.85. The average Bonchev–Trinajstić information content (AvgIpc) is 2.43. The highest BCUT2D eigenvalue weighted by atomic mass is 16.5. The number of guanidine groups is 1. The predicted octanol–water partition coefficient (Wildman–Crippen LogP) is 1.69. The Hall–Kier alpha value is -1.75. The third kappa shape index (κ3) is 7.56. The van der Waals surface area contributed by atoms with Crippen molar-refractivity contribution in [2.45, 2.75) is 20.4 Å². The van der Waals surface area contributed by atoms with Crippen LogP contribution < -0.4 is 15.8 Å². The minimum absolute atomic E-state index is 0.479. The first-order chi connectivity index (χ1) is 9.99. The highest BCUT2D eigenvalue weighted by molar-refractivity contribution is 5.77. The zero-order valence-electron chi connectivity index (χ0n) is 13.6. The molecular weight excluding hydrogens is 264 g/mol. The fourth-order valence-electron chi connectivity index (χ4n) is 1.65. The van der Waals surface area contributed by atoms with E-state index in [2.05, 4.69) is 29.1 Å². The lowest BCUT2D eigenvalue weighted by molar-refractivity contribution is 0.259. The minimum atomic E-state index is 0.479. The molecule has 1 aromatic rings. The molecule has 0 aliphatic rings. The second-order valence-corrected chi connectivity index (χ2v) is 5.74. The van der Waals surface area contributed by atoms with E-state index >= 15 is 0 Å². The second kappa shape index (κ2) is 9.23. The lowest BCUT2D eigenvalue weighted by Gasteiger charge is -2.13. The Morgan fingerprint density at radius 1 is 1.33 bits per heavy atom. The molecule has 0 fully saturated rings. The van der Waals surface area contributed by atoms with E-state index in [1.807, 2.05) is 38.4 Å². The molecule has 0 radical (unpaired) electrons. The zero-order chi connectivity index (χ0) is 15.7. The lowest BCUT2D eigenvalue weighted by atomic mass is 10.2. The van der Waals surface area contributed by atoms with E-state index in [0.29, 0.717) is 25.0 Å². The number of para-hydroxylation sites is 1. The van der Waals surface area contributed by atoms with Crippen LogP contribution in [0, 0.1) is 5.92 Å². The SMILES string of the molecule is CC(C)CNC(N)=NCc1ccccc1OCCN(C)C. The van der Waals surface area contributed by atoms with Gasteiger partial charge in [0, 0.05) is 18.7 Å². The molecule has 0 bridgehead atoms. The molecule has 0 spiro atoms. The van der Waals surface area contributed by atoms with E-state index in [-0.39, 0.29) is 0 Å². The van der Waals surface area contributed by atoms with Gasteiger partial charge >= 0.3 is 0 Å². The summed E-state index contributed by atoms with van der Waals surface area (Å²) in [5, 5.41) is 3.11. The largest absolute Gasteiger partial charge is 0.492 e. The van der Waals surface area contributed by atoms with Crippen molar-refractivity contribution in [3.8, 4) is 5.75 Å². The van der Waals surface area contributed by atoms with Crippen molar-refractivity contribution in [3.63, 3.8) is 0 Å². The van der Waals surface area contributed by atoms with Crippen molar-refractivity contribution < 1.29 is 4.74 Å². The zero-order valence-corrected chi connectivity index (χ0v) is 13.6. The predicted molar refractivity (Wildman–Crippen MR) is 88.7 cm³/mol. The molecule has 0 atom stereocenters. The second-order valence-electron chi connectivity index (χ2n) is 5.74. The average molecular weight is 292 g/mol. The third-order valence-electron chi connectivity index (χ3n) is 2.88. The number of benzene rings is 1. The van der Waals surface area contributed by atoms with Gasteiger partial charge in [-0.3, -0.25) is 0 Å². The first-order valence-corrected chi connectivity index (χ1v) is 7.38. The third-order valence-corrected chi connectivity index (χ3v) is 2.88. The number of nitrogens with one attached hydrogen (secondary N) is 1. The molecular formula is C16H28N4O. The van der Waals surface area contributed by atoms with Gasteiger partial charge in [-0.2, -0.15) is 0 Å². The molecule has 0 heterocycles. The molecule has 5 heteroatoms. The fraction of sp³-hybridized carbons (Fsp3) is 0.562. The van der Waals surface area contributed by atoms with Gasteiger partial charge in [0.25, 0.3) is 0 Å². The lowest BCUT2D eigenvalue weighted by Crippen LogP contribution is -2.34. The smallest absolute Gasteiger partial charge is 0.188 e. The Kier molecular flexibility index (Phi) is 7.61. The van der Waals surface area contributed by atoms with Gasteiger partial charge in [0.1, 0.15) is 12.4 Å². The number of ether oxygens (including phenoxy) is 1. The van der Waals surface area contributed by atoms with Crippen LogP contribution in [0.3, 0.4) is 0 Å². The normalized spacial score (nSPS) is 12.0. The van der Waals surface area contributed by atoms with Crippen LogP contribution in [0.5, 0.6) is 5.75 Å². The van der Waals surface area contributed by atoms with Crippen molar-refractivity contribution in [1.82, 2.24) is 10.2 Å². The van der Waals surface area contributed by atoms with Crippen molar-refractivity contribution in [1.29, 1.82) is 0 Å². The monoisotopic (exact) mass is 292 g/mol. The summed E-state index contributed by atoms with van der Waals surface area (Å²) in [5.41, 5.74) is 6.90. The van der Waals surface area contributed by atoms with Crippen molar-refractivity contribution in [2.75, 3.05) is 33.8 Å². The molecule has 118 valence electrons. The molecule has 0 amide bonds. The van der Waals surface area contributed by atoms with Gasteiger partial charge < -0.3 is 20.7 Å². The van der Waals surface area contributed by atoms with E-state index in [4.69, 9.17) is 10.5 Å². The number of rotatable bonds is 8. The molecule has 0 saturated carbocycles. The maximum Gasteiger partial charge on any atom is 0.188 e. The topological polar surface area (TPSA) is 62.9 Å². The number of nitrogens with zero attached hydrogens (tertiary/aromatic N) is 2. The molecule has 0 aliphatic heterocycles. The van der Waals surface area contributed by atoms with Crippen LogP contribution in [0.1, 0.15) is 19.4 Å². The number of aliphatic imine (C=N–C) groups is 1. The highest BCUT2D eigenvalue weighted by Crippen LogP contribution is 2.18. The quantitative estimate of drug-likeness (QED) is 0.565. The fourth-order valence-corrected chi connectivity index (χ4v) is 1.65. The van der Waals surface area contributed by atoms with Gasteiger partial charge in [-0.25, -0.2) is 4.99 Å². The van der Waals surface area contributed by atoms with Crippen LogP contribution in [0.4, 0.5) is 0 Å². The molecule has 0 unspecified atom stereocenters.